The summed E-state index contributed by atoms with van der Waals surface area (Å²) in [5.41, 5.74) is 1.01. The van der Waals surface area contributed by atoms with E-state index in [0.717, 1.165) is 31.7 Å². The van der Waals surface area contributed by atoms with E-state index in [1.807, 2.05) is 6.07 Å². The Hall–Kier alpha value is -1.13. The first-order valence-corrected chi connectivity index (χ1v) is 6.63. The molecular weight excluding hydrogens is 231 g/mol. The molecule has 0 spiro atoms. The van der Waals surface area contributed by atoms with Gasteiger partial charge in [0.25, 0.3) is 0 Å². The highest BCUT2D eigenvalue weighted by atomic mass is 19.1. The largest absolute Gasteiger partial charge is 0.490 e. The first-order chi connectivity index (χ1) is 8.77. The lowest BCUT2D eigenvalue weighted by atomic mass is 9.90. The molecule has 3 nitrogen and oxygen atoms in total. The molecule has 1 N–H and O–H groups in total. The van der Waals surface area contributed by atoms with Crippen LogP contribution in [-0.2, 0) is 0 Å². The number of nitrogens with one attached hydrogen (secondary N) is 1. The molecule has 3 rings (SSSR count). The van der Waals surface area contributed by atoms with Crippen LogP contribution in [0.15, 0.2) is 18.2 Å². The zero-order chi connectivity index (χ0) is 12.5. The van der Waals surface area contributed by atoms with Crippen molar-refractivity contribution >= 4 is 0 Å². The molecule has 0 aromatic heterocycles. The Morgan fingerprint density at radius 1 is 1.33 bits per heavy atom. The predicted molar refractivity (Wildman–Crippen MR) is 68.2 cm³/mol. The Kier molecular flexibility index (Phi) is 3.22. The maximum absolute atomic E-state index is 13.8. The second kappa shape index (κ2) is 4.86. The average Bonchev–Trinajstić information content (AvgIpc) is 2.40. The second-order valence-electron chi connectivity index (χ2n) is 5.18. The number of fused-ring (bicyclic) bond motifs is 1. The number of hydrogen-bond acceptors (Lipinski definition) is 3. The van der Waals surface area contributed by atoms with Crippen molar-refractivity contribution in [2.75, 3.05) is 32.8 Å². The third-order valence-corrected chi connectivity index (χ3v) is 3.89. The molecule has 1 fully saturated rings. The van der Waals surface area contributed by atoms with Gasteiger partial charge in [-0.15, -0.1) is 0 Å². The number of hydrogen-bond donors (Lipinski definition) is 1. The molecule has 2 aliphatic rings. The quantitative estimate of drug-likeness (QED) is 0.822. The highest BCUT2D eigenvalue weighted by molar-refractivity contribution is 5.39. The van der Waals surface area contributed by atoms with Gasteiger partial charge in [0.2, 0.25) is 0 Å². The van der Waals surface area contributed by atoms with Gasteiger partial charge in [0, 0.05) is 43.7 Å². The second-order valence-corrected chi connectivity index (χ2v) is 5.18. The minimum absolute atomic E-state index is 0.237. The summed E-state index contributed by atoms with van der Waals surface area (Å²) in [5.74, 6) is 0.621. The third-order valence-electron chi connectivity index (χ3n) is 3.89. The van der Waals surface area contributed by atoms with Gasteiger partial charge in [0.05, 0.1) is 6.61 Å². The van der Waals surface area contributed by atoms with E-state index in [2.05, 4.69) is 17.1 Å². The van der Waals surface area contributed by atoms with E-state index in [0.29, 0.717) is 18.3 Å². The number of para-hydroxylation sites is 1. The normalized spacial score (nSPS) is 28.6. The van der Waals surface area contributed by atoms with E-state index in [4.69, 9.17) is 4.74 Å². The van der Waals surface area contributed by atoms with Gasteiger partial charge in [-0.3, -0.25) is 4.90 Å². The van der Waals surface area contributed by atoms with Crippen LogP contribution in [0.5, 0.6) is 5.75 Å². The molecule has 1 aromatic rings. The minimum atomic E-state index is -0.237. The smallest absolute Gasteiger partial charge is 0.165 e. The van der Waals surface area contributed by atoms with Crippen molar-refractivity contribution in [3.63, 3.8) is 0 Å². The lowest BCUT2D eigenvalue weighted by Crippen LogP contribution is -2.48. The van der Waals surface area contributed by atoms with Crippen molar-refractivity contribution in [1.29, 1.82) is 0 Å². The lowest BCUT2D eigenvalue weighted by Gasteiger charge is -2.41. The molecular formula is C14H19FN2O. The Morgan fingerprint density at radius 3 is 2.89 bits per heavy atom. The molecule has 2 aliphatic heterocycles. The summed E-state index contributed by atoms with van der Waals surface area (Å²) < 4.78 is 19.4. The number of nitrogens with zero attached hydrogens (tertiary/aromatic N) is 1. The summed E-state index contributed by atoms with van der Waals surface area (Å²) in [5, 5.41) is 3.36. The lowest BCUT2D eigenvalue weighted by molar-refractivity contribution is 0.0775. The van der Waals surface area contributed by atoms with Crippen molar-refractivity contribution < 1.29 is 9.13 Å². The van der Waals surface area contributed by atoms with Gasteiger partial charge in [-0.05, 0) is 6.07 Å². The van der Waals surface area contributed by atoms with Crippen LogP contribution in [0, 0.1) is 11.7 Å². The minimum Gasteiger partial charge on any atom is -0.490 e. The zero-order valence-corrected chi connectivity index (χ0v) is 10.7. The molecule has 0 amide bonds. The molecule has 98 valence electrons. The molecule has 4 heteroatoms. The SMILES string of the molecule is CC1COc2c(F)cccc2C1N1CCNCC1. The number of ether oxygens (including phenoxy) is 1. The van der Waals surface area contributed by atoms with Crippen LogP contribution in [0.3, 0.4) is 0 Å². The molecule has 0 bridgehead atoms. The van der Waals surface area contributed by atoms with Crippen molar-refractivity contribution in [3.05, 3.63) is 29.6 Å². The van der Waals surface area contributed by atoms with Gasteiger partial charge >= 0.3 is 0 Å². The first-order valence-electron chi connectivity index (χ1n) is 6.63. The van der Waals surface area contributed by atoms with E-state index in [1.54, 1.807) is 6.07 Å². The van der Waals surface area contributed by atoms with Crippen LogP contribution in [0.25, 0.3) is 0 Å². The van der Waals surface area contributed by atoms with Crippen LogP contribution in [0.2, 0.25) is 0 Å². The van der Waals surface area contributed by atoms with Crippen LogP contribution in [0.1, 0.15) is 18.5 Å². The van der Waals surface area contributed by atoms with E-state index < -0.39 is 0 Å². The molecule has 2 atom stereocenters. The van der Waals surface area contributed by atoms with Crippen LogP contribution < -0.4 is 10.1 Å². The maximum Gasteiger partial charge on any atom is 0.165 e. The Labute approximate surface area is 107 Å². The van der Waals surface area contributed by atoms with Gasteiger partial charge in [-0.1, -0.05) is 19.1 Å². The summed E-state index contributed by atoms with van der Waals surface area (Å²) in [6.07, 6.45) is 0. The van der Waals surface area contributed by atoms with Gasteiger partial charge in [-0.25, -0.2) is 4.39 Å². The summed E-state index contributed by atoms with van der Waals surface area (Å²) >= 11 is 0. The van der Waals surface area contributed by atoms with Crippen molar-refractivity contribution in [1.82, 2.24) is 10.2 Å². The molecule has 0 aliphatic carbocycles. The molecule has 0 saturated carbocycles. The van der Waals surface area contributed by atoms with Crippen LogP contribution in [0.4, 0.5) is 4.39 Å². The standard InChI is InChI=1S/C14H19FN2O/c1-10-9-18-14-11(3-2-4-12(14)15)13(10)17-7-5-16-6-8-17/h2-4,10,13,16H,5-9H2,1H3. The monoisotopic (exact) mass is 250 g/mol. The van der Waals surface area contributed by atoms with E-state index in [-0.39, 0.29) is 11.9 Å². The summed E-state index contributed by atoms with van der Waals surface area (Å²) in [6, 6.07) is 5.54. The molecule has 2 heterocycles. The summed E-state index contributed by atoms with van der Waals surface area (Å²) in [4.78, 5) is 2.45. The van der Waals surface area contributed by atoms with Crippen molar-refractivity contribution in [3.8, 4) is 5.75 Å². The topological polar surface area (TPSA) is 24.5 Å². The van der Waals surface area contributed by atoms with Gasteiger partial charge in [-0.2, -0.15) is 0 Å². The molecule has 2 unspecified atom stereocenters. The third kappa shape index (κ3) is 1.99. The summed E-state index contributed by atoms with van der Waals surface area (Å²) in [6.45, 7) is 6.84. The molecule has 18 heavy (non-hydrogen) atoms. The van der Waals surface area contributed by atoms with Gasteiger partial charge in [0.1, 0.15) is 0 Å². The highest BCUT2D eigenvalue weighted by Crippen LogP contribution is 2.40. The fourth-order valence-electron chi connectivity index (χ4n) is 3.04. The van der Waals surface area contributed by atoms with E-state index >= 15 is 0 Å². The summed E-state index contributed by atoms with van der Waals surface area (Å²) in [7, 11) is 0. The Morgan fingerprint density at radius 2 is 2.11 bits per heavy atom. The van der Waals surface area contributed by atoms with Crippen LogP contribution in [-0.4, -0.2) is 37.7 Å². The molecule has 1 aromatic carbocycles. The first kappa shape index (κ1) is 11.9. The average molecular weight is 250 g/mol. The van der Waals surface area contributed by atoms with Gasteiger partial charge < -0.3 is 10.1 Å². The van der Waals surface area contributed by atoms with Gasteiger partial charge in [0.15, 0.2) is 11.6 Å². The Balaban J connectivity index is 1.96. The number of halogens is 1. The van der Waals surface area contributed by atoms with Crippen molar-refractivity contribution in [2.45, 2.75) is 13.0 Å². The molecule has 1 saturated heterocycles. The number of piperazine rings is 1. The van der Waals surface area contributed by atoms with Crippen molar-refractivity contribution in [2.24, 2.45) is 5.92 Å². The Bertz CT molecular complexity index is 432. The highest BCUT2D eigenvalue weighted by Gasteiger charge is 2.34. The van der Waals surface area contributed by atoms with E-state index in [1.165, 1.54) is 6.07 Å². The molecule has 0 radical (unpaired) electrons. The zero-order valence-electron chi connectivity index (χ0n) is 10.7. The predicted octanol–water partition coefficient (Wildman–Crippen LogP) is 1.80. The van der Waals surface area contributed by atoms with Crippen LogP contribution >= 0.6 is 0 Å². The van der Waals surface area contributed by atoms with E-state index in [9.17, 15) is 4.39 Å². The number of benzene rings is 1. The fraction of sp³-hybridized carbons (Fsp3) is 0.571. The fourth-order valence-corrected chi connectivity index (χ4v) is 3.04. The maximum atomic E-state index is 13.8. The number of rotatable bonds is 1.